The van der Waals surface area contributed by atoms with Gasteiger partial charge in [0, 0.05) is 10.9 Å². The minimum Gasteiger partial charge on any atom is -0.489 e. The summed E-state index contributed by atoms with van der Waals surface area (Å²) in [5, 5.41) is 0.343. The van der Waals surface area contributed by atoms with Crippen LogP contribution in [0.3, 0.4) is 0 Å². The lowest BCUT2D eigenvalue weighted by Crippen LogP contribution is -2.37. The highest BCUT2D eigenvalue weighted by Gasteiger charge is 2.49. The van der Waals surface area contributed by atoms with E-state index >= 15 is 0 Å². The lowest BCUT2D eigenvalue weighted by Gasteiger charge is -2.19. The van der Waals surface area contributed by atoms with Crippen molar-refractivity contribution in [2.24, 2.45) is 0 Å². The van der Waals surface area contributed by atoms with Crippen LogP contribution in [0.1, 0.15) is 22.3 Å². The summed E-state index contributed by atoms with van der Waals surface area (Å²) < 4.78 is 33.1. The molecule has 0 unspecified atom stereocenters. The quantitative estimate of drug-likeness (QED) is 0.701. The molecule has 2 heterocycles. The molecule has 3 rings (SSSR count). The maximum atomic E-state index is 13.5. The van der Waals surface area contributed by atoms with Gasteiger partial charge in [0.2, 0.25) is 0 Å². The van der Waals surface area contributed by atoms with Crippen LogP contribution < -0.4 is 4.74 Å². The van der Waals surface area contributed by atoms with Gasteiger partial charge in [0.1, 0.15) is 6.61 Å². The Morgan fingerprint density at radius 2 is 2.25 bits per heavy atom. The summed E-state index contributed by atoms with van der Waals surface area (Å²) in [5.74, 6) is -3.02. The van der Waals surface area contributed by atoms with Crippen LogP contribution in [0.5, 0.6) is 5.75 Å². The van der Waals surface area contributed by atoms with Gasteiger partial charge in [0.15, 0.2) is 5.75 Å². The summed E-state index contributed by atoms with van der Waals surface area (Å²) in [6, 6.07) is 0.970. The molecule has 0 aromatic heterocycles. The Kier molecular flexibility index (Phi) is 3.21. The summed E-state index contributed by atoms with van der Waals surface area (Å²) in [6.07, 6.45) is -0.371. The SMILES string of the molecule is Cc1c(Br)cc2c(c1Cl)OC[C@@H]1CC(F)(F)CN1C2=O. The van der Waals surface area contributed by atoms with E-state index in [2.05, 4.69) is 15.9 Å². The largest absolute Gasteiger partial charge is 0.489 e. The third-order valence-electron chi connectivity index (χ3n) is 3.69. The van der Waals surface area contributed by atoms with Gasteiger partial charge in [-0.2, -0.15) is 0 Å². The first-order valence-corrected chi connectivity index (χ1v) is 7.27. The second-order valence-electron chi connectivity index (χ2n) is 5.13. The summed E-state index contributed by atoms with van der Waals surface area (Å²) in [5.41, 5.74) is 0.985. The van der Waals surface area contributed by atoms with Gasteiger partial charge in [-0.3, -0.25) is 4.79 Å². The number of ether oxygens (including phenoxy) is 1. The van der Waals surface area contributed by atoms with E-state index in [-0.39, 0.29) is 24.3 Å². The molecule has 2 aliphatic heterocycles. The molecule has 0 N–H and O–H groups in total. The number of amides is 1. The van der Waals surface area contributed by atoms with Gasteiger partial charge >= 0.3 is 0 Å². The van der Waals surface area contributed by atoms with Crippen LogP contribution in [0.25, 0.3) is 0 Å². The topological polar surface area (TPSA) is 29.5 Å². The molecule has 1 saturated heterocycles. The Balaban J connectivity index is 2.09. The number of carbonyl (C=O) groups excluding carboxylic acids is 1. The Morgan fingerprint density at radius 1 is 1.55 bits per heavy atom. The standard InChI is InChI=1S/C13H11BrClF2NO2/c1-6-9(14)2-8-11(10(6)15)20-4-7-3-13(16,17)5-18(7)12(8)19/h2,7H,3-5H2,1H3/t7-/m0/s1. The molecule has 1 aromatic carbocycles. The third kappa shape index (κ3) is 2.09. The molecular weight excluding hydrogens is 356 g/mol. The molecule has 0 saturated carbocycles. The van der Waals surface area contributed by atoms with Crippen LogP contribution in [0.4, 0.5) is 8.78 Å². The number of nitrogens with zero attached hydrogens (tertiary/aromatic N) is 1. The van der Waals surface area contributed by atoms with Crippen molar-refractivity contribution in [1.29, 1.82) is 0 Å². The first-order valence-electron chi connectivity index (χ1n) is 6.10. The number of alkyl halides is 2. The van der Waals surface area contributed by atoms with E-state index in [1.54, 1.807) is 13.0 Å². The highest BCUT2D eigenvalue weighted by atomic mass is 79.9. The molecular formula is C13H11BrClF2NO2. The molecule has 0 bridgehead atoms. The monoisotopic (exact) mass is 365 g/mol. The van der Waals surface area contributed by atoms with Gasteiger partial charge in [0.25, 0.3) is 11.8 Å². The van der Waals surface area contributed by atoms with Crippen molar-refractivity contribution in [3.8, 4) is 5.75 Å². The number of benzene rings is 1. The van der Waals surface area contributed by atoms with Crippen LogP contribution >= 0.6 is 27.5 Å². The molecule has 0 spiro atoms. The molecule has 1 fully saturated rings. The van der Waals surface area contributed by atoms with Crippen molar-refractivity contribution in [2.45, 2.75) is 25.3 Å². The van der Waals surface area contributed by atoms with Crippen LogP contribution in [-0.2, 0) is 0 Å². The fourth-order valence-corrected chi connectivity index (χ4v) is 3.41. The second kappa shape index (κ2) is 4.56. The molecule has 20 heavy (non-hydrogen) atoms. The second-order valence-corrected chi connectivity index (χ2v) is 6.36. The summed E-state index contributed by atoms with van der Waals surface area (Å²) >= 11 is 9.51. The Bertz CT molecular complexity index is 609. The van der Waals surface area contributed by atoms with E-state index in [4.69, 9.17) is 16.3 Å². The number of hydrogen-bond donors (Lipinski definition) is 0. The van der Waals surface area contributed by atoms with Crippen molar-refractivity contribution >= 4 is 33.4 Å². The molecule has 7 heteroatoms. The molecule has 2 aliphatic rings. The van der Waals surface area contributed by atoms with Crippen molar-refractivity contribution in [3.63, 3.8) is 0 Å². The smallest absolute Gasteiger partial charge is 0.267 e. The Hall–Kier alpha value is -0.880. The normalized spacial score (nSPS) is 23.9. The highest BCUT2D eigenvalue weighted by molar-refractivity contribution is 9.10. The van der Waals surface area contributed by atoms with Gasteiger partial charge < -0.3 is 9.64 Å². The van der Waals surface area contributed by atoms with Crippen LogP contribution in [0.15, 0.2) is 10.5 Å². The minimum absolute atomic E-state index is 0.0368. The summed E-state index contributed by atoms with van der Waals surface area (Å²) in [7, 11) is 0. The first-order chi connectivity index (χ1) is 9.30. The summed E-state index contributed by atoms with van der Waals surface area (Å²) in [6.45, 7) is 1.26. The number of rotatable bonds is 0. The van der Waals surface area contributed by atoms with Gasteiger partial charge in [0.05, 0.1) is 23.2 Å². The van der Waals surface area contributed by atoms with Crippen LogP contribution in [0.2, 0.25) is 5.02 Å². The van der Waals surface area contributed by atoms with Crippen LogP contribution in [-0.4, -0.2) is 35.9 Å². The lowest BCUT2D eigenvalue weighted by atomic mass is 10.1. The van der Waals surface area contributed by atoms with E-state index in [1.807, 2.05) is 0 Å². The number of hydrogen-bond acceptors (Lipinski definition) is 2. The van der Waals surface area contributed by atoms with E-state index in [0.29, 0.717) is 9.50 Å². The Labute approximate surface area is 128 Å². The van der Waals surface area contributed by atoms with E-state index in [0.717, 1.165) is 5.56 Å². The minimum atomic E-state index is -2.85. The van der Waals surface area contributed by atoms with Gasteiger partial charge in [-0.1, -0.05) is 27.5 Å². The van der Waals surface area contributed by atoms with Crippen molar-refractivity contribution < 1.29 is 18.3 Å². The van der Waals surface area contributed by atoms with Crippen molar-refractivity contribution in [3.05, 3.63) is 26.7 Å². The van der Waals surface area contributed by atoms with E-state index < -0.39 is 24.4 Å². The molecule has 1 amide bonds. The van der Waals surface area contributed by atoms with Crippen molar-refractivity contribution in [1.82, 2.24) is 4.90 Å². The molecule has 0 aliphatic carbocycles. The van der Waals surface area contributed by atoms with E-state index in [9.17, 15) is 13.6 Å². The maximum absolute atomic E-state index is 13.5. The fraction of sp³-hybridized carbons (Fsp3) is 0.462. The molecule has 3 nitrogen and oxygen atoms in total. The lowest BCUT2D eigenvalue weighted by molar-refractivity contribution is 0.0113. The highest BCUT2D eigenvalue weighted by Crippen LogP contribution is 2.42. The zero-order valence-electron chi connectivity index (χ0n) is 10.6. The predicted molar refractivity (Wildman–Crippen MR) is 73.8 cm³/mol. The van der Waals surface area contributed by atoms with Gasteiger partial charge in [-0.25, -0.2) is 8.78 Å². The average molecular weight is 367 g/mol. The molecule has 1 aromatic rings. The van der Waals surface area contributed by atoms with Crippen LogP contribution in [0, 0.1) is 6.92 Å². The summed E-state index contributed by atoms with van der Waals surface area (Å²) in [4.78, 5) is 13.6. The average Bonchev–Trinajstić information content (AvgIpc) is 2.63. The van der Waals surface area contributed by atoms with Crippen molar-refractivity contribution in [2.75, 3.05) is 13.2 Å². The molecule has 0 radical (unpaired) electrons. The molecule has 1 atom stereocenters. The predicted octanol–water partition coefficient (Wildman–Crippen LogP) is 3.65. The number of halogens is 4. The first kappa shape index (κ1) is 14.1. The fourth-order valence-electron chi connectivity index (χ4n) is 2.61. The van der Waals surface area contributed by atoms with Gasteiger partial charge in [-0.15, -0.1) is 0 Å². The zero-order chi connectivity index (χ0) is 14.7. The van der Waals surface area contributed by atoms with E-state index in [1.165, 1.54) is 4.90 Å². The van der Waals surface area contributed by atoms with Gasteiger partial charge in [-0.05, 0) is 18.6 Å². The Morgan fingerprint density at radius 3 is 2.95 bits per heavy atom. The number of carbonyl (C=O) groups is 1. The zero-order valence-corrected chi connectivity index (χ0v) is 12.9. The number of fused-ring (bicyclic) bond motifs is 2. The third-order valence-corrected chi connectivity index (χ3v) is 4.97. The molecule has 108 valence electrons. The maximum Gasteiger partial charge on any atom is 0.267 e.